The highest BCUT2D eigenvalue weighted by atomic mass is 35.5. The maximum absolute atomic E-state index is 12.6. The molecule has 25 heavy (non-hydrogen) atoms. The van der Waals surface area contributed by atoms with Crippen molar-refractivity contribution in [3.63, 3.8) is 0 Å². The first-order valence-electron chi connectivity index (χ1n) is 8.38. The van der Waals surface area contributed by atoms with Gasteiger partial charge in [0.15, 0.2) is 0 Å². The van der Waals surface area contributed by atoms with Gasteiger partial charge in [0.1, 0.15) is 0 Å². The van der Waals surface area contributed by atoms with E-state index in [1.807, 2.05) is 4.90 Å². The summed E-state index contributed by atoms with van der Waals surface area (Å²) in [7, 11) is 0. The third-order valence-electron chi connectivity index (χ3n) is 4.05. The molecule has 1 amide bonds. The Morgan fingerprint density at radius 2 is 2.16 bits per heavy atom. The third-order valence-corrected chi connectivity index (χ3v) is 4.05. The summed E-state index contributed by atoms with van der Waals surface area (Å²) in [6, 6.07) is 2.03. The fourth-order valence-corrected chi connectivity index (χ4v) is 2.88. The molecule has 0 radical (unpaired) electrons. The van der Waals surface area contributed by atoms with E-state index in [9.17, 15) is 4.79 Å². The largest absolute Gasteiger partial charge is 0.339 e. The Morgan fingerprint density at radius 3 is 2.84 bits per heavy atom. The number of hydrogen-bond donors (Lipinski definition) is 1. The minimum Gasteiger partial charge on any atom is -0.339 e. The molecule has 2 aromatic rings. The topological polar surface area (TPSA) is 97.0 Å². The summed E-state index contributed by atoms with van der Waals surface area (Å²) >= 11 is 0. The van der Waals surface area contributed by atoms with Crippen molar-refractivity contribution in [2.75, 3.05) is 19.6 Å². The van der Waals surface area contributed by atoms with Crippen molar-refractivity contribution in [2.45, 2.75) is 38.6 Å². The van der Waals surface area contributed by atoms with Crippen molar-refractivity contribution in [3.8, 4) is 11.6 Å². The summed E-state index contributed by atoms with van der Waals surface area (Å²) in [6.07, 6.45) is 6.02. The van der Waals surface area contributed by atoms with Crippen molar-refractivity contribution in [2.24, 2.45) is 0 Å². The van der Waals surface area contributed by atoms with Crippen LogP contribution in [0.3, 0.4) is 0 Å². The van der Waals surface area contributed by atoms with E-state index < -0.39 is 0 Å². The van der Waals surface area contributed by atoms with Crippen LogP contribution in [-0.4, -0.2) is 56.6 Å². The summed E-state index contributed by atoms with van der Waals surface area (Å²) in [5, 5.41) is 7.19. The van der Waals surface area contributed by atoms with E-state index in [4.69, 9.17) is 4.52 Å². The van der Waals surface area contributed by atoms with Gasteiger partial charge >= 0.3 is 0 Å². The minimum atomic E-state index is 0. The van der Waals surface area contributed by atoms with Gasteiger partial charge in [0.25, 0.3) is 0 Å². The molecule has 1 N–H and O–H groups in total. The molecule has 1 aliphatic heterocycles. The summed E-state index contributed by atoms with van der Waals surface area (Å²) in [5.74, 6) is 1.35. The molecule has 0 bridgehead atoms. The van der Waals surface area contributed by atoms with E-state index in [2.05, 4.69) is 32.3 Å². The SMILES string of the molecule is CCCN(C(=O)CCc1nc(-c2ncccn2)no1)C1CCNC1.Cl. The minimum absolute atomic E-state index is 0. The highest BCUT2D eigenvalue weighted by molar-refractivity contribution is 5.85. The first kappa shape index (κ1) is 19.3. The predicted molar refractivity (Wildman–Crippen MR) is 94.2 cm³/mol. The van der Waals surface area contributed by atoms with Gasteiger partial charge in [-0.05, 0) is 25.5 Å². The zero-order chi connectivity index (χ0) is 16.8. The van der Waals surface area contributed by atoms with Crippen LogP contribution in [-0.2, 0) is 11.2 Å². The van der Waals surface area contributed by atoms with E-state index in [1.54, 1.807) is 18.5 Å². The van der Waals surface area contributed by atoms with Crippen molar-refractivity contribution >= 4 is 18.3 Å². The Labute approximate surface area is 152 Å². The Bertz CT molecular complexity index is 660. The van der Waals surface area contributed by atoms with Gasteiger partial charge in [-0.3, -0.25) is 4.79 Å². The zero-order valence-corrected chi connectivity index (χ0v) is 15.0. The molecule has 0 spiro atoms. The van der Waals surface area contributed by atoms with Crippen LogP contribution in [0.1, 0.15) is 32.1 Å². The van der Waals surface area contributed by atoms with Crippen LogP contribution in [0.25, 0.3) is 11.6 Å². The number of carbonyl (C=O) groups is 1. The van der Waals surface area contributed by atoms with Crippen LogP contribution in [0.5, 0.6) is 0 Å². The van der Waals surface area contributed by atoms with E-state index in [1.165, 1.54) is 0 Å². The second-order valence-corrected chi connectivity index (χ2v) is 5.82. The number of amides is 1. The number of rotatable bonds is 7. The fraction of sp³-hybridized carbons (Fsp3) is 0.562. The highest BCUT2D eigenvalue weighted by Crippen LogP contribution is 2.14. The first-order chi connectivity index (χ1) is 11.8. The first-order valence-corrected chi connectivity index (χ1v) is 8.38. The third kappa shape index (κ3) is 4.96. The molecule has 3 rings (SSSR count). The summed E-state index contributed by atoms with van der Waals surface area (Å²) in [6.45, 7) is 4.73. The number of carbonyl (C=O) groups excluding carboxylic acids is 1. The lowest BCUT2D eigenvalue weighted by molar-refractivity contribution is -0.133. The van der Waals surface area contributed by atoms with Gasteiger partial charge in [0, 0.05) is 44.4 Å². The Hall–Kier alpha value is -2.06. The fourth-order valence-electron chi connectivity index (χ4n) is 2.88. The summed E-state index contributed by atoms with van der Waals surface area (Å²) in [4.78, 5) is 27.0. The lowest BCUT2D eigenvalue weighted by Crippen LogP contribution is -2.42. The van der Waals surface area contributed by atoms with Gasteiger partial charge < -0.3 is 14.7 Å². The van der Waals surface area contributed by atoms with Gasteiger partial charge in [-0.15, -0.1) is 12.4 Å². The normalized spacial score (nSPS) is 16.4. The molecule has 136 valence electrons. The maximum Gasteiger partial charge on any atom is 0.240 e. The average Bonchev–Trinajstić information content (AvgIpc) is 3.30. The van der Waals surface area contributed by atoms with Crippen LogP contribution in [0, 0.1) is 0 Å². The quantitative estimate of drug-likeness (QED) is 0.792. The molecule has 1 fully saturated rings. The smallest absolute Gasteiger partial charge is 0.240 e. The number of hydrogen-bond acceptors (Lipinski definition) is 7. The Morgan fingerprint density at radius 1 is 1.36 bits per heavy atom. The number of aryl methyl sites for hydroxylation is 1. The molecule has 1 saturated heterocycles. The lowest BCUT2D eigenvalue weighted by Gasteiger charge is -2.28. The Kier molecular flexibility index (Phi) is 7.27. The highest BCUT2D eigenvalue weighted by Gasteiger charge is 2.26. The standard InChI is InChI=1S/C16H22N6O2.ClH/c1-2-10-22(12-6-9-17-11-12)14(23)5-4-13-20-16(21-24-13)15-18-7-3-8-19-15;/h3,7-8,12,17H,2,4-6,9-11H2,1H3;1H. The van der Waals surface area contributed by atoms with Crippen molar-refractivity contribution < 1.29 is 9.32 Å². The van der Waals surface area contributed by atoms with Crippen molar-refractivity contribution in [1.29, 1.82) is 0 Å². The van der Waals surface area contributed by atoms with E-state index >= 15 is 0 Å². The van der Waals surface area contributed by atoms with Crippen LogP contribution in [0.2, 0.25) is 0 Å². The maximum atomic E-state index is 12.6. The molecule has 2 aromatic heterocycles. The molecule has 0 saturated carbocycles. The predicted octanol–water partition coefficient (Wildman–Crippen LogP) is 1.48. The molecule has 8 nitrogen and oxygen atoms in total. The molecular formula is C16H23ClN6O2. The molecule has 9 heteroatoms. The molecule has 0 aromatic carbocycles. The number of aromatic nitrogens is 4. The van der Waals surface area contributed by atoms with Crippen LogP contribution in [0.15, 0.2) is 23.0 Å². The molecule has 1 unspecified atom stereocenters. The van der Waals surface area contributed by atoms with Gasteiger partial charge in [-0.1, -0.05) is 12.1 Å². The molecular weight excluding hydrogens is 344 g/mol. The number of halogens is 1. The van der Waals surface area contributed by atoms with E-state index in [0.29, 0.717) is 36.4 Å². The van der Waals surface area contributed by atoms with E-state index in [-0.39, 0.29) is 18.3 Å². The van der Waals surface area contributed by atoms with Gasteiger partial charge in [0.05, 0.1) is 0 Å². The molecule has 3 heterocycles. The van der Waals surface area contributed by atoms with Crippen LogP contribution in [0.4, 0.5) is 0 Å². The van der Waals surface area contributed by atoms with Gasteiger partial charge in [-0.2, -0.15) is 4.98 Å². The average molecular weight is 367 g/mol. The van der Waals surface area contributed by atoms with Crippen molar-refractivity contribution in [1.82, 2.24) is 30.3 Å². The number of nitrogens with zero attached hydrogens (tertiary/aromatic N) is 5. The van der Waals surface area contributed by atoms with Gasteiger partial charge in [-0.25, -0.2) is 9.97 Å². The number of nitrogens with one attached hydrogen (secondary N) is 1. The summed E-state index contributed by atoms with van der Waals surface area (Å²) in [5.41, 5.74) is 0. The second kappa shape index (κ2) is 9.43. The summed E-state index contributed by atoms with van der Waals surface area (Å²) < 4.78 is 5.21. The van der Waals surface area contributed by atoms with E-state index in [0.717, 1.165) is 32.5 Å². The molecule has 1 atom stereocenters. The lowest BCUT2D eigenvalue weighted by atomic mass is 10.1. The van der Waals surface area contributed by atoms with Crippen LogP contribution < -0.4 is 5.32 Å². The second-order valence-electron chi connectivity index (χ2n) is 5.82. The van der Waals surface area contributed by atoms with Crippen LogP contribution >= 0.6 is 12.4 Å². The van der Waals surface area contributed by atoms with Crippen molar-refractivity contribution in [3.05, 3.63) is 24.4 Å². The molecule has 0 aliphatic carbocycles. The van der Waals surface area contributed by atoms with Gasteiger partial charge in [0.2, 0.25) is 23.4 Å². The monoisotopic (exact) mass is 366 g/mol. The zero-order valence-electron chi connectivity index (χ0n) is 14.2. The Balaban J connectivity index is 0.00000225. The molecule has 1 aliphatic rings.